The summed E-state index contributed by atoms with van der Waals surface area (Å²) in [5, 5.41) is 3.89. The summed E-state index contributed by atoms with van der Waals surface area (Å²) in [5.74, 6) is -0.139. The Balaban J connectivity index is 1.72. The number of furan rings is 1. The third-order valence-corrected chi connectivity index (χ3v) is 6.22. The number of halogens is 1. The molecule has 0 radical (unpaired) electrons. The molecule has 0 bridgehead atoms. The highest BCUT2D eigenvalue weighted by Gasteiger charge is 2.27. The van der Waals surface area contributed by atoms with E-state index in [0.29, 0.717) is 5.76 Å². The fraction of sp³-hybridized carbons (Fsp3) is 0.100. The molecule has 0 unspecified atom stereocenters. The molecule has 0 fully saturated rings. The molecule has 1 aromatic heterocycles. The predicted molar refractivity (Wildman–Crippen MR) is 113 cm³/mol. The standard InChI is InChI=1S/C20H18BrN3O4S/c21-17-10-8-16(9-11-17)13-22-23-20(25)15-24(14-18-5-4-12-28-18)29(26,27)19-6-2-1-3-7-19/h1-13H,14-15H2,(H,23,25)/b22-13-. The number of nitrogens with one attached hydrogen (secondary N) is 1. The Morgan fingerprint density at radius 2 is 1.79 bits per heavy atom. The zero-order valence-electron chi connectivity index (χ0n) is 15.2. The van der Waals surface area contributed by atoms with Gasteiger partial charge in [-0.3, -0.25) is 4.79 Å². The van der Waals surface area contributed by atoms with Crippen LogP contribution in [0.3, 0.4) is 0 Å². The van der Waals surface area contributed by atoms with Crippen LogP contribution in [0.2, 0.25) is 0 Å². The van der Waals surface area contributed by atoms with E-state index < -0.39 is 22.5 Å². The van der Waals surface area contributed by atoms with Gasteiger partial charge in [-0.2, -0.15) is 9.41 Å². The second-order valence-corrected chi connectivity index (χ2v) is 8.86. The second-order valence-electron chi connectivity index (χ2n) is 6.01. The molecule has 2 aromatic carbocycles. The van der Waals surface area contributed by atoms with Gasteiger partial charge in [0.15, 0.2) is 0 Å². The van der Waals surface area contributed by atoms with Gasteiger partial charge < -0.3 is 4.42 Å². The Labute approximate surface area is 177 Å². The molecule has 0 aliphatic heterocycles. The fourth-order valence-electron chi connectivity index (χ4n) is 2.47. The van der Waals surface area contributed by atoms with Crippen LogP contribution in [0.5, 0.6) is 0 Å². The highest BCUT2D eigenvalue weighted by atomic mass is 79.9. The maximum atomic E-state index is 13.0. The van der Waals surface area contributed by atoms with Crippen molar-refractivity contribution in [1.82, 2.24) is 9.73 Å². The monoisotopic (exact) mass is 475 g/mol. The molecule has 0 aliphatic carbocycles. The molecular weight excluding hydrogens is 458 g/mol. The maximum absolute atomic E-state index is 13.0. The highest BCUT2D eigenvalue weighted by Crippen LogP contribution is 2.18. The molecule has 9 heteroatoms. The van der Waals surface area contributed by atoms with E-state index in [4.69, 9.17) is 4.42 Å². The Hall–Kier alpha value is -2.75. The average Bonchev–Trinajstić information content (AvgIpc) is 3.23. The van der Waals surface area contributed by atoms with E-state index in [0.717, 1.165) is 14.3 Å². The van der Waals surface area contributed by atoms with Gasteiger partial charge in [-0.1, -0.05) is 46.3 Å². The fourth-order valence-corrected chi connectivity index (χ4v) is 4.11. The number of carbonyl (C=O) groups excluding carboxylic acids is 1. The minimum Gasteiger partial charge on any atom is -0.468 e. The van der Waals surface area contributed by atoms with Crippen molar-refractivity contribution in [3.8, 4) is 0 Å². The summed E-state index contributed by atoms with van der Waals surface area (Å²) in [6.07, 6.45) is 2.93. The lowest BCUT2D eigenvalue weighted by atomic mass is 10.2. The lowest BCUT2D eigenvalue weighted by molar-refractivity contribution is -0.121. The normalized spacial score (nSPS) is 11.8. The van der Waals surface area contributed by atoms with Crippen LogP contribution in [-0.4, -0.2) is 31.4 Å². The Morgan fingerprint density at radius 1 is 1.07 bits per heavy atom. The van der Waals surface area contributed by atoms with E-state index >= 15 is 0 Å². The molecule has 0 aliphatic rings. The van der Waals surface area contributed by atoms with Gasteiger partial charge in [0, 0.05) is 4.47 Å². The third-order valence-electron chi connectivity index (χ3n) is 3.89. The summed E-state index contributed by atoms with van der Waals surface area (Å²) in [6.45, 7) is -0.482. The van der Waals surface area contributed by atoms with Gasteiger partial charge in [0.25, 0.3) is 5.91 Å². The summed E-state index contributed by atoms with van der Waals surface area (Å²) in [5.41, 5.74) is 3.15. The van der Waals surface area contributed by atoms with Crippen molar-refractivity contribution in [2.45, 2.75) is 11.4 Å². The molecule has 0 atom stereocenters. The molecule has 1 amide bonds. The zero-order chi connectivity index (χ0) is 20.7. The van der Waals surface area contributed by atoms with Crippen LogP contribution in [-0.2, 0) is 21.4 Å². The van der Waals surface area contributed by atoms with Crippen molar-refractivity contribution >= 4 is 38.1 Å². The van der Waals surface area contributed by atoms with Crippen molar-refractivity contribution < 1.29 is 17.6 Å². The van der Waals surface area contributed by atoms with E-state index in [1.165, 1.54) is 24.6 Å². The molecule has 1 N–H and O–H groups in total. The van der Waals surface area contributed by atoms with Crippen molar-refractivity contribution in [3.05, 3.63) is 88.8 Å². The minimum atomic E-state index is -3.90. The summed E-state index contributed by atoms with van der Waals surface area (Å²) < 4.78 is 33.2. The molecule has 29 heavy (non-hydrogen) atoms. The van der Waals surface area contributed by atoms with Crippen LogP contribution >= 0.6 is 15.9 Å². The van der Waals surface area contributed by atoms with Gasteiger partial charge in [-0.15, -0.1) is 0 Å². The van der Waals surface area contributed by atoms with Gasteiger partial charge in [0.2, 0.25) is 10.0 Å². The number of hydrogen-bond donors (Lipinski definition) is 1. The molecule has 0 saturated heterocycles. The zero-order valence-corrected chi connectivity index (χ0v) is 17.6. The number of hydrogen-bond acceptors (Lipinski definition) is 5. The van der Waals surface area contributed by atoms with Crippen LogP contribution in [0, 0.1) is 0 Å². The third kappa shape index (κ3) is 5.86. The topological polar surface area (TPSA) is 92.0 Å². The second kappa shape index (κ2) is 9.64. The van der Waals surface area contributed by atoms with Gasteiger partial charge in [-0.25, -0.2) is 13.8 Å². The van der Waals surface area contributed by atoms with Crippen LogP contribution in [0.15, 0.2) is 91.9 Å². The molecule has 0 spiro atoms. The van der Waals surface area contributed by atoms with Crippen LogP contribution in [0.1, 0.15) is 11.3 Å². The van der Waals surface area contributed by atoms with E-state index in [2.05, 4.69) is 26.5 Å². The molecule has 1 heterocycles. The van der Waals surface area contributed by atoms with Gasteiger partial charge in [0.1, 0.15) is 5.76 Å². The Bertz CT molecular complexity index is 1070. The first-order valence-corrected chi connectivity index (χ1v) is 10.8. The van der Waals surface area contributed by atoms with Crippen LogP contribution < -0.4 is 5.43 Å². The van der Waals surface area contributed by atoms with Crippen molar-refractivity contribution in [1.29, 1.82) is 0 Å². The molecule has 0 saturated carbocycles. The number of hydrazone groups is 1. The van der Waals surface area contributed by atoms with E-state index in [1.807, 2.05) is 24.3 Å². The van der Waals surface area contributed by atoms with Crippen molar-refractivity contribution in [2.24, 2.45) is 5.10 Å². The summed E-state index contributed by atoms with van der Waals surface area (Å²) in [7, 11) is -3.90. The first kappa shape index (κ1) is 21.0. The van der Waals surface area contributed by atoms with E-state index in [9.17, 15) is 13.2 Å². The Kier molecular flexibility index (Phi) is 6.97. The smallest absolute Gasteiger partial charge is 0.255 e. The molecule has 3 rings (SSSR count). The molecule has 3 aromatic rings. The highest BCUT2D eigenvalue weighted by molar-refractivity contribution is 9.10. The van der Waals surface area contributed by atoms with Gasteiger partial charge in [-0.05, 0) is 42.0 Å². The quantitative estimate of drug-likeness (QED) is 0.399. The minimum absolute atomic E-state index is 0.0753. The SMILES string of the molecule is O=C(CN(Cc1ccco1)S(=O)(=O)c1ccccc1)N/N=C\c1ccc(Br)cc1. The largest absolute Gasteiger partial charge is 0.468 e. The predicted octanol–water partition coefficient (Wildman–Crippen LogP) is 3.38. The Morgan fingerprint density at radius 3 is 2.45 bits per heavy atom. The number of carbonyl (C=O) groups is 1. The van der Waals surface area contributed by atoms with Gasteiger partial charge in [0.05, 0.1) is 30.5 Å². The molecule has 150 valence electrons. The summed E-state index contributed by atoms with van der Waals surface area (Å²) in [4.78, 5) is 12.4. The van der Waals surface area contributed by atoms with E-state index in [-0.39, 0.29) is 11.4 Å². The molecular formula is C20H18BrN3O4S. The number of benzene rings is 2. The molecule has 7 nitrogen and oxygen atoms in total. The van der Waals surface area contributed by atoms with Crippen molar-refractivity contribution in [3.63, 3.8) is 0 Å². The number of amides is 1. The van der Waals surface area contributed by atoms with Crippen molar-refractivity contribution in [2.75, 3.05) is 6.54 Å². The van der Waals surface area contributed by atoms with Gasteiger partial charge >= 0.3 is 0 Å². The lowest BCUT2D eigenvalue weighted by Gasteiger charge is -2.20. The summed E-state index contributed by atoms with van der Waals surface area (Å²) in [6, 6.07) is 18.6. The first-order chi connectivity index (χ1) is 13.9. The maximum Gasteiger partial charge on any atom is 0.255 e. The van der Waals surface area contributed by atoms with E-state index in [1.54, 1.807) is 30.3 Å². The first-order valence-electron chi connectivity index (χ1n) is 8.60. The number of rotatable bonds is 8. The van der Waals surface area contributed by atoms with Crippen LogP contribution in [0.25, 0.3) is 0 Å². The average molecular weight is 476 g/mol. The number of nitrogens with zero attached hydrogens (tertiary/aromatic N) is 2. The number of sulfonamides is 1. The lowest BCUT2D eigenvalue weighted by Crippen LogP contribution is -2.38. The summed E-state index contributed by atoms with van der Waals surface area (Å²) >= 11 is 3.34. The van der Waals surface area contributed by atoms with Crippen LogP contribution in [0.4, 0.5) is 0 Å².